The molecule has 110 valence electrons. The van der Waals surface area contributed by atoms with E-state index in [1.165, 1.54) is 14.2 Å². The van der Waals surface area contributed by atoms with Crippen molar-refractivity contribution in [3.05, 3.63) is 0 Å². The predicted octanol–water partition coefficient (Wildman–Crippen LogP) is 2.55. The van der Waals surface area contributed by atoms with Gasteiger partial charge in [0.2, 0.25) is 0 Å². The predicted molar refractivity (Wildman–Crippen MR) is 83.4 cm³/mol. The number of hydrogen-bond donors (Lipinski definition) is 0. The monoisotopic (exact) mass is 334 g/mol. The lowest BCUT2D eigenvalue weighted by atomic mass is 10.4. The van der Waals surface area contributed by atoms with Crippen molar-refractivity contribution in [2.24, 2.45) is 0 Å². The maximum Gasteiger partial charge on any atom is 0.155 e. The van der Waals surface area contributed by atoms with Crippen LogP contribution in [-0.2, 0) is 30.5 Å². The van der Waals surface area contributed by atoms with Gasteiger partial charge >= 0.3 is 0 Å². The highest BCUT2D eigenvalue weighted by Gasteiger charge is 1.99. The highest BCUT2D eigenvalue weighted by molar-refractivity contribution is 8.76. The van der Waals surface area contributed by atoms with Gasteiger partial charge in [0.15, 0.2) is 22.2 Å². The quantitative estimate of drug-likeness (QED) is 0.381. The van der Waals surface area contributed by atoms with E-state index in [9.17, 15) is 8.42 Å². The summed E-state index contributed by atoms with van der Waals surface area (Å²) in [5, 5.41) is 0. The molecule has 8 heteroatoms. The van der Waals surface area contributed by atoms with Crippen LogP contribution in [0.2, 0.25) is 0 Å². The molecule has 0 N–H and O–H groups in total. The molecule has 0 aromatic carbocycles. The Morgan fingerprint density at radius 2 is 1.17 bits per heavy atom. The summed E-state index contributed by atoms with van der Waals surface area (Å²) in [4.78, 5) is 0. The Balaban J connectivity index is 3.07. The molecular weight excluding hydrogens is 312 g/mol. The molecular formula is C10H22O4S4. The van der Waals surface area contributed by atoms with E-state index >= 15 is 0 Å². The average Bonchev–Trinajstić information content (AvgIpc) is 2.40. The van der Waals surface area contributed by atoms with E-state index in [1.807, 2.05) is 21.6 Å². The minimum absolute atomic E-state index is 0.630. The van der Waals surface area contributed by atoms with E-state index in [1.54, 1.807) is 0 Å². The first kappa shape index (κ1) is 18.9. The second kappa shape index (κ2) is 14.3. The third kappa shape index (κ3) is 13.4. The van der Waals surface area contributed by atoms with Gasteiger partial charge in [0, 0.05) is 23.0 Å². The van der Waals surface area contributed by atoms with Gasteiger partial charge in [0.25, 0.3) is 0 Å². The fraction of sp³-hybridized carbons (Fsp3) is 1.00. The molecule has 0 fully saturated rings. The van der Waals surface area contributed by atoms with Crippen LogP contribution in [0.3, 0.4) is 0 Å². The van der Waals surface area contributed by atoms with Gasteiger partial charge in [0.1, 0.15) is 0 Å². The van der Waals surface area contributed by atoms with Crippen molar-refractivity contribution in [1.29, 1.82) is 0 Å². The third-order valence-electron chi connectivity index (χ3n) is 2.03. The lowest BCUT2D eigenvalue weighted by Gasteiger charge is -2.02. The highest BCUT2D eigenvalue weighted by atomic mass is 33.1. The van der Waals surface area contributed by atoms with Crippen LogP contribution in [-0.4, -0.2) is 45.6 Å². The molecule has 0 aromatic heterocycles. The summed E-state index contributed by atoms with van der Waals surface area (Å²) in [5.74, 6) is 3.42. The lowest BCUT2D eigenvalue weighted by molar-refractivity contribution is 0.444. The van der Waals surface area contributed by atoms with Gasteiger partial charge in [-0.2, -0.15) is 0 Å². The molecule has 0 aliphatic rings. The van der Waals surface area contributed by atoms with Crippen LogP contribution in [0, 0.1) is 0 Å². The molecule has 0 radical (unpaired) electrons. The zero-order chi connectivity index (χ0) is 13.6. The number of hydrogen-bond acceptors (Lipinski definition) is 6. The molecule has 0 aliphatic heterocycles. The third-order valence-corrected chi connectivity index (χ3v) is 6.60. The normalized spacial score (nSPS) is 14.6. The van der Waals surface area contributed by atoms with Crippen molar-refractivity contribution < 1.29 is 16.8 Å². The molecule has 0 spiro atoms. The molecule has 0 saturated heterocycles. The second-order valence-corrected chi connectivity index (χ2v) is 8.81. The smallest absolute Gasteiger partial charge is 0.155 e. The van der Waals surface area contributed by atoms with E-state index in [0.717, 1.165) is 37.2 Å². The molecule has 0 aliphatic carbocycles. The first-order valence-electron chi connectivity index (χ1n) is 5.80. The zero-order valence-electron chi connectivity index (χ0n) is 10.9. The molecule has 0 bridgehead atoms. The van der Waals surface area contributed by atoms with Gasteiger partial charge < -0.3 is 0 Å². The van der Waals surface area contributed by atoms with Crippen LogP contribution >= 0.6 is 21.6 Å². The highest BCUT2D eigenvalue weighted by Crippen LogP contribution is 2.23. The molecule has 2 atom stereocenters. The largest absolute Gasteiger partial charge is 0.294 e. The van der Waals surface area contributed by atoms with E-state index in [0.29, 0.717) is 11.5 Å². The van der Waals surface area contributed by atoms with Gasteiger partial charge in [-0.25, -0.2) is 8.42 Å². The maximum absolute atomic E-state index is 10.9. The van der Waals surface area contributed by atoms with Crippen LogP contribution in [0.4, 0.5) is 0 Å². The van der Waals surface area contributed by atoms with Crippen molar-refractivity contribution in [1.82, 2.24) is 0 Å². The van der Waals surface area contributed by atoms with Gasteiger partial charge in [-0.3, -0.25) is 8.37 Å². The van der Waals surface area contributed by atoms with Crippen LogP contribution in [0.1, 0.15) is 25.7 Å². The standard InChI is InChI=1S/C10H22O4S4/c1-13-17(11)9-5-3-7-15-16-8-4-6-10-18(12)14-2/h3-10H2,1-2H3. The summed E-state index contributed by atoms with van der Waals surface area (Å²) < 4.78 is 31.2. The average molecular weight is 335 g/mol. The minimum atomic E-state index is -1.10. The summed E-state index contributed by atoms with van der Waals surface area (Å²) in [7, 11) is 6.63. The molecule has 4 nitrogen and oxygen atoms in total. The maximum atomic E-state index is 10.9. The minimum Gasteiger partial charge on any atom is -0.294 e. The van der Waals surface area contributed by atoms with Crippen LogP contribution in [0.15, 0.2) is 0 Å². The van der Waals surface area contributed by atoms with Crippen LogP contribution < -0.4 is 0 Å². The van der Waals surface area contributed by atoms with E-state index < -0.39 is 22.2 Å². The molecule has 0 amide bonds. The van der Waals surface area contributed by atoms with Crippen molar-refractivity contribution >= 4 is 43.7 Å². The van der Waals surface area contributed by atoms with E-state index in [-0.39, 0.29) is 0 Å². The van der Waals surface area contributed by atoms with Gasteiger partial charge in [-0.05, 0) is 25.7 Å². The molecule has 0 saturated carbocycles. The van der Waals surface area contributed by atoms with E-state index in [2.05, 4.69) is 8.37 Å². The lowest BCUT2D eigenvalue weighted by Crippen LogP contribution is -1.99. The molecule has 18 heavy (non-hydrogen) atoms. The SMILES string of the molecule is COS(=O)CCCCSSCCCCS(=O)OC. The Morgan fingerprint density at radius 1 is 0.778 bits per heavy atom. The van der Waals surface area contributed by atoms with Crippen molar-refractivity contribution in [2.45, 2.75) is 25.7 Å². The molecule has 0 rings (SSSR count). The topological polar surface area (TPSA) is 52.6 Å². The Labute approximate surface area is 123 Å². The fourth-order valence-corrected chi connectivity index (χ4v) is 4.55. The first-order valence-corrected chi connectivity index (χ1v) is 10.8. The number of unbranched alkanes of at least 4 members (excludes halogenated alkanes) is 2. The Hall–Kier alpha value is 0.920. The summed E-state index contributed by atoms with van der Waals surface area (Å²) in [6.07, 6.45) is 4.03. The Kier molecular flexibility index (Phi) is 15.1. The van der Waals surface area contributed by atoms with Crippen LogP contribution in [0.25, 0.3) is 0 Å². The van der Waals surface area contributed by atoms with Crippen LogP contribution in [0.5, 0.6) is 0 Å². The first-order chi connectivity index (χ1) is 8.70. The summed E-state index contributed by atoms with van der Waals surface area (Å²) >= 11 is -2.20. The molecule has 0 aromatic rings. The Morgan fingerprint density at radius 3 is 1.50 bits per heavy atom. The zero-order valence-corrected chi connectivity index (χ0v) is 14.2. The Bertz CT molecular complexity index is 214. The van der Waals surface area contributed by atoms with E-state index in [4.69, 9.17) is 0 Å². The summed E-state index contributed by atoms with van der Waals surface area (Å²) in [6, 6.07) is 0. The summed E-state index contributed by atoms with van der Waals surface area (Å²) in [6.45, 7) is 0. The number of rotatable bonds is 13. The van der Waals surface area contributed by atoms with Gasteiger partial charge in [-0.15, -0.1) is 0 Å². The van der Waals surface area contributed by atoms with Crippen molar-refractivity contribution in [2.75, 3.05) is 37.2 Å². The fourth-order valence-electron chi connectivity index (χ4n) is 1.05. The van der Waals surface area contributed by atoms with Crippen molar-refractivity contribution in [3.8, 4) is 0 Å². The summed E-state index contributed by atoms with van der Waals surface area (Å²) in [5.41, 5.74) is 0. The van der Waals surface area contributed by atoms with Gasteiger partial charge in [-0.1, -0.05) is 21.6 Å². The molecule has 0 heterocycles. The molecule has 2 unspecified atom stereocenters. The second-order valence-electron chi connectivity index (χ2n) is 3.41. The van der Waals surface area contributed by atoms with Gasteiger partial charge in [0.05, 0.1) is 14.2 Å². The van der Waals surface area contributed by atoms with Crippen molar-refractivity contribution in [3.63, 3.8) is 0 Å².